The Kier molecular flexibility index (Phi) is 52.6. The van der Waals surface area contributed by atoms with E-state index in [1.165, 1.54) is 128 Å². The van der Waals surface area contributed by atoms with E-state index in [-0.39, 0.29) is 25.9 Å². The van der Waals surface area contributed by atoms with Crippen LogP contribution in [-0.4, -0.2) is 89.2 Å². The summed E-state index contributed by atoms with van der Waals surface area (Å²) in [5.41, 5.74) is 0. The van der Waals surface area contributed by atoms with Gasteiger partial charge in [-0.15, -0.1) is 0 Å². The van der Waals surface area contributed by atoms with E-state index in [0.717, 1.165) is 103 Å². The molecule has 0 bridgehead atoms. The zero-order valence-corrected chi connectivity index (χ0v) is 51.5. The molecule has 0 aromatic heterocycles. The van der Waals surface area contributed by atoms with Crippen molar-refractivity contribution in [1.82, 2.24) is 0 Å². The molecular formula is C69H118O12. The molecule has 6 unspecified atom stereocenters. The van der Waals surface area contributed by atoms with Crippen LogP contribution in [0, 0.1) is 0 Å². The van der Waals surface area contributed by atoms with Crippen LogP contribution in [0.2, 0.25) is 0 Å². The van der Waals surface area contributed by atoms with Crippen LogP contribution in [0.25, 0.3) is 0 Å². The summed E-state index contributed by atoms with van der Waals surface area (Å²) in [4.78, 5) is 51.3. The van der Waals surface area contributed by atoms with Crippen LogP contribution in [0.4, 0.5) is 0 Å². The average molecular weight is 1140 g/mol. The Hall–Kier alpha value is -3.84. The van der Waals surface area contributed by atoms with E-state index in [4.69, 9.17) is 23.7 Å². The van der Waals surface area contributed by atoms with Gasteiger partial charge < -0.3 is 39.0 Å². The van der Waals surface area contributed by atoms with Gasteiger partial charge in [-0.05, 0) is 89.9 Å². The van der Waals surface area contributed by atoms with Gasteiger partial charge in [-0.1, -0.05) is 254 Å². The van der Waals surface area contributed by atoms with Gasteiger partial charge in [-0.2, -0.15) is 0 Å². The molecule has 466 valence electrons. The molecule has 1 heterocycles. The molecule has 1 rings (SSSR count). The van der Waals surface area contributed by atoms with Crippen molar-refractivity contribution in [2.24, 2.45) is 0 Å². The number of carbonyl (C=O) groups is 4. The number of aliphatic carboxylic acids is 1. The lowest BCUT2D eigenvalue weighted by Gasteiger charge is -2.40. The molecule has 0 amide bonds. The van der Waals surface area contributed by atoms with E-state index < -0.39 is 67.3 Å². The van der Waals surface area contributed by atoms with Crippen molar-refractivity contribution in [3.63, 3.8) is 0 Å². The first-order valence-corrected chi connectivity index (χ1v) is 32.9. The third-order valence-corrected chi connectivity index (χ3v) is 14.8. The number of ether oxygens (including phenoxy) is 5. The van der Waals surface area contributed by atoms with Crippen LogP contribution >= 0.6 is 0 Å². The molecular weight excluding hydrogens is 1020 g/mol. The highest BCUT2D eigenvalue weighted by atomic mass is 16.7. The molecule has 0 aromatic carbocycles. The minimum absolute atomic E-state index is 0.0568. The highest BCUT2D eigenvalue weighted by Gasteiger charge is 2.50. The lowest BCUT2D eigenvalue weighted by molar-refractivity contribution is -0.301. The van der Waals surface area contributed by atoms with Crippen LogP contribution in [0.1, 0.15) is 290 Å². The SMILES string of the molecule is CC/C=C\C/C=C\C/C=C\C/C=C\CCCCC(=O)OC(COC(=O)CCCCCCCCC/C=C\C/C=C\CCCCC)COC1OC(C(=O)O)C(O)C(O)C1OC(=O)CCCCCCCCCCCCCCCCCCCCC. The Labute approximate surface area is 493 Å². The first-order chi connectivity index (χ1) is 39.6. The molecule has 0 radical (unpaired) electrons. The molecule has 6 atom stereocenters. The topological polar surface area (TPSA) is 175 Å². The number of rotatable bonds is 56. The van der Waals surface area contributed by atoms with Gasteiger partial charge in [0.25, 0.3) is 0 Å². The van der Waals surface area contributed by atoms with Crippen LogP contribution < -0.4 is 0 Å². The Morgan fingerprint density at radius 3 is 1.23 bits per heavy atom. The monoisotopic (exact) mass is 1140 g/mol. The van der Waals surface area contributed by atoms with Crippen LogP contribution in [0.5, 0.6) is 0 Å². The van der Waals surface area contributed by atoms with Gasteiger partial charge in [0.2, 0.25) is 0 Å². The average Bonchev–Trinajstić information content (AvgIpc) is 3.52. The molecule has 0 saturated carbocycles. The Morgan fingerprint density at radius 2 is 0.778 bits per heavy atom. The number of allylic oxidation sites excluding steroid dienone is 12. The van der Waals surface area contributed by atoms with Crippen molar-refractivity contribution in [1.29, 1.82) is 0 Å². The fourth-order valence-corrected chi connectivity index (χ4v) is 9.74. The summed E-state index contributed by atoms with van der Waals surface area (Å²) >= 11 is 0. The molecule has 1 aliphatic heterocycles. The molecule has 0 spiro atoms. The van der Waals surface area contributed by atoms with E-state index in [2.05, 4.69) is 93.7 Å². The Bertz CT molecular complexity index is 1680. The zero-order chi connectivity index (χ0) is 58.9. The van der Waals surface area contributed by atoms with Crippen molar-refractivity contribution in [2.75, 3.05) is 13.2 Å². The van der Waals surface area contributed by atoms with Crippen LogP contribution in [0.3, 0.4) is 0 Å². The number of hydrogen-bond donors (Lipinski definition) is 3. The minimum atomic E-state index is -1.91. The van der Waals surface area contributed by atoms with Crippen molar-refractivity contribution < 1.29 is 58.2 Å². The smallest absolute Gasteiger partial charge is 0.335 e. The third-order valence-electron chi connectivity index (χ3n) is 14.8. The lowest BCUT2D eigenvalue weighted by atomic mass is 9.98. The van der Waals surface area contributed by atoms with Gasteiger partial charge in [-0.25, -0.2) is 4.79 Å². The molecule has 12 nitrogen and oxygen atoms in total. The highest BCUT2D eigenvalue weighted by molar-refractivity contribution is 5.74. The summed E-state index contributed by atoms with van der Waals surface area (Å²) in [6.07, 6.45) is 60.1. The van der Waals surface area contributed by atoms with Crippen molar-refractivity contribution in [3.05, 3.63) is 72.9 Å². The number of carbonyl (C=O) groups excluding carboxylic acids is 3. The maximum Gasteiger partial charge on any atom is 0.335 e. The van der Waals surface area contributed by atoms with Gasteiger partial charge in [0.1, 0.15) is 18.8 Å². The zero-order valence-electron chi connectivity index (χ0n) is 51.5. The number of carboxylic acids is 1. The quantitative estimate of drug-likeness (QED) is 0.0228. The Balaban J connectivity index is 2.66. The van der Waals surface area contributed by atoms with E-state index in [0.29, 0.717) is 19.3 Å². The number of hydrogen-bond acceptors (Lipinski definition) is 11. The van der Waals surface area contributed by atoms with Crippen molar-refractivity contribution >= 4 is 23.9 Å². The molecule has 1 fully saturated rings. The largest absolute Gasteiger partial charge is 0.479 e. The predicted molar refractivity (Wildman–Crippen MR) is 331 cm³/mol. The van der Waals surface area contributed by atoms with Gasteiger partial charge >= 0.3 is 23.9 Å². The fraction of sp³-hybridized carbons (Fsp3) is 0.768. The summed E-state index contributed by atoms with van der Waals surface area (Å²) in [6.45, 7) is 5.85. The van der Waals surface area contributed by atoms with E-state index in [1.807, 2.05) is 0 Å². The van der Waals surface area contributed by atoms with Gasteiger partial charge in [0.05, 0.1) is 6.61 Å². The second kappa shape index (κ2) is 56.6. The summed E-state index contributed by atoms with van der Waals surface area (Å²) in [5, 5.41) is 31.6. The number of aliphatic hydroxyl groups excluding tert-OH is 2. The van der Waals surface area contributed by atoms with E-state index in [1.54, 1.807) is 0 Å². The van der Waals surface area contributed by atoms with Crippen molar-refractivity contribution in [3.8, 4) is 0 Å². The fourth-order valence-electron chi connectivity index (χ4n) is 9.74. The third kappa shape index (κ3) is 46.3. The summed E-state index contributed by atoms with van der Waals surface area (Å²) in [6, 6.07) is 0. The minimum Gasteiger partial charge on any atom is -0.479 e. The number of unbranched alkanes of at least 4 members (excludes halogenated alkanes) is 30. The summed E-state index contributed by atoms with van der Waals surface area (Å²) in [7, 11) is 0. The summed E-state index contributed by atoms with van der Waals surface area (Å²) in [5.74, 6) is -3.17. The van der Waals surface area contributed by atoms with Gasteiger partial charge in [0.15, 0.2) is 24.6 Å². The first kappa shape index (κ1) is 75.2. The van der Waals surface area contributed by atoms with Crippen molar-refractivity contribution in [2.45, 2.75) is 327 Å². The molecule has 1 saturated heterocycles. The lowest BCUT2D eigenvalue weighted by Crippen LogP contribution is -2.61. The molecule has 3 N–H and O–H groups in total. The van der Waals surface area contributed by atoms with Gasteiger partial charge in [0, 0.05) is 19.3 Å². The molecule has 1 aliphatic rings. The second-order valence-corrected chi connectivity index (χ2v) is 22.4. The summed E-state index contributed by atoms with van der Waals surface area (Å²) < 4.78 is 28.5. The Morgan fingerprint density at radius 1 is 0.420 bits per heavy atom. The predicted octanol–water partition coefficient (Wildman–Crippen LogP) is 17.7. The molecule has 0 aromatic rings. The number of carboxylic acid groups (broad SMARTS) is 1. The maximum atomic E-state index is 13.2. The van der Waals surface area contributed by atoms with Crippen LogP contribution in [0.15, 0.2) is 72.9 Å². The van der Waals surface area contributed by atoms with Gasteiger partial charge in [-0.3, -0.25) is 14.4 Å². The maximum absolute atomic E-state index is 13.2. The van der Waals surface area contributed by atoms with E-state index in [9.17, 15) is 34.5 Å². The number of esters is 3. The standard InChI is InChI=1S/C69H118O12/c1-4-7-10-13-16-19-22-25-28-30-31-33-36-39-42-45-48-51-54-57-63(72)80-67-65(74)64(73)66(68(75)76)81-69(67)78-59-60(79-62(71)56-53-50-47-44-41-38-34-27-24-21-18-15-12-9-6-3)58-77-61(70)55-52-49-46-43-40-37-35-32-29-26-23-20-17-14-11-8-5-2/h9,12,17-18,20-21,26-27,29,34,41,44,60,64-67,69,73-74H,4-8,10-11,13-16,19,22-25,28,30-33,35-40,42-43,45-59H2,1-3H3,(H,75,76)/b12-9-,20-17-,21-18-,29-26-,34-27-,44-41-. The van der Waals surface area contributed by atoms with E-state index >= 15 is 0 Å². The first-order valence-electron chi connectivity index (χ1n) is 32.9. The highest BCUT2D eigenvalue weighted by Crippen LogP contribution is 2.27. The second-order valence-electron chi connectivity index (χ2n) is 22.4. The number of aliphatic hydroxyl groups is 2. The molecule has 81 heavy (non-hydrogen) atoms. The molecule has 12 heteroatoms. The van der Waals surface area contributed by atoms with Crippen LogP contribution in [-0.2, 0) is 42.9 Å². The molecule has 0 aliphatic carbocycles. The normalized spacial score (nSPS) is 18.2.